The van der Waals surface area contributed by atoms with Crippen LogP contribution in [0.1, 0.15) is 57.3 Å². The minimum atomic E-state index is -0.790. The number of fused-ring (bicyclic) bond motifs is 1. The molecule has 10 nitrogen and oxygen atoms in total. The molecule has 0 saturated carbocycles. The number of methoxy groups -OCH3 is 1. The number of carbonyl (C=O) groups is 2. The van der Waals surface area contributed by atoms with Crippen molar-refractivity contribution in [2.24, 2.45) is 10.7 Å². The summed E-state index contributed by atoms with van der Waals surface area (Å²) < 4.78 is 5.00. The first kappa shape index (κ1) is 33.9. The Hall–Kier alpha value is -4.50. The van der Waals surface area contributed by atoms with Crippen molar-refractivity contribution >= 4 is 62.9 Å². The monoisotopic (exact) mass is 671 g/mol. The smallest absolute Gasteiger partial charge is 0.339 e. The molecule has 0 bridgehead atoms. The minimum absolute atomic E-state index is 0.00463. The fraction of sp³-hybridized carbons (Fsp3) is 0.343. The van der Waals surface area contributed by atoms with Crippen molar-refractivity contribution in [3.05, 3.63) is 80.2 Å². The zero-order valence-corrected chi connectivity index (χ0v) is 28.5. The molecule has 12 heteroatoms. The quantitative estimate of drug-likeness (QED) is 0.142. The van der Waals surface area contributed by atoms with Gasteiger partial charge in [0.2, 0.25) is 5.91 Å². The summed E-state index contributed by atoms with van der Waals surface area (Å²) in [5, 5.41) is 19.1. The maximum atomic E-state index is 13.8. The van der Waals surface area contributed by atoms with Gasteiger partial charge in [0, 0.05) is 71.4 Å². The third kappa shape index (κ3) is 7.10. The summed E-state index contributed by atoms with van der Waals surface area (Å²) in [7, 11) is 1.34. The standard InChI is InChI=1S/C35H38ClN7O3S/c1-21-22(2)47-34-31(21)32(25-8-11-26(36)12-9-25)40-29(33(39)43(34)23(3)38)20-30(44)42-17-15-41(16-18-42)27-13-10-24(7-5-6-14-37)28(19-27)35(45)46-4/h8-13,19,29,38-39H,6,14-18,20,37H2,1-4H3/t29-/m0/s1. The number of nitrogens with one attached hydrogen (secondary N) is 2. The number of amides is 1. The number of carbonyl (C=O) groups excluding carboxylic acids is 2. The Morgan fingerprint density at radius 2 is 1.83 bits per heavy atom. The third-order valence-corrected chi connectivity index (χ3v) is 9.81. The largest absolute Gasteiger partial charge is 0.465 e. The lowest BCUT2D eigenvalue weighted by atomic mass is 9.99. The first-order chi connectivity index (χ1) is 22.5. The fourth-order valence-electron chi connectivity index (χ4n) is 5.74. The molecule has 3 heterocycles. The van der Waals surface area contributed by atoms with Gasteiger partial charge >= 0.3 is 5.97 Å². The van der Waals surface area contributed by atoms with Crippen LogP contribution in [0.3, 0.4) is 0 Å². The van der Waals surface area contributed by atoms with E-state index < -0.39 is 12.0 Å². The van der Waals surface area contributed by atoms with E-state index in [0.29, 0.717) is 61.0 Å². The molecule has 1 aromatic heterocycles. The van der Waals surface area contributed by atoms with E-state index in [-0.39, 0.29) is 24.0 Å². The Morgan fingerprint density at radius 3 is 2.47 bits per heavy atom. The lowest BCUT2D eigenvalue weighted by Crippen LogP contribution is -2.50. The topological polar surface area (TPSA) is 139 Å². The summed E-state index contributed by atoms with van der Waals surface area (Å²) >= 11 is 7.73. The van der Waals surface area contributed by atoms with Crippen LogP contribution in [-0.2, 0) is 9.53 Å². The van der Waals surface area contributed by atoms with Crippen molar-refractivity contribution < 1.29 is 14.3 Å². The van der Waals surface area contributed by atoms with Crippen molar-refractivity contribution in [2.75, 3.05) is 49.6 Å². The van der Waals surface area contributed by atoms with Crippen molar-refractivity contribution in [1.29, 1.82) is 10.8 Å². The average molecular weight is 672 g/mol. The van der Waals surface area contributed by atoms with Gasteiger partial charge in [0.25, 0.3) is 0 Å². The summed E-state index contributed by atoms with van der Waals surface area (Å²) in [5.41, 5.74) is 10.8. The van der Waals surface area contributed by atoms with Crippen molar-refractivity contribution in [1.82, 2.24) is 4.90 Å². The number of piperazine rings is 1. The van der Waals surface area contributed by atoms with Gasteiger partial charge < -0.3 is 20.3 Å². The van der Waals surface area contributed by atoms with Crippen LogP contribution in [0, 0.1) is 36.5 Å². The Labute approximate surface area is 284 Å². The Balaban J connectivity index is 1.37. The number of rotatable bonds is 6. The van der Waals surface area contributed by atoms with Crippen molar-refractivity contribution in [2.45, 2.75) is 39.7 Å². The van der Waals surface area contributed by atoms with Crippen molar-refractivity contribution in [3.8, 4) is 11.8 Å². The number of thiophene rings is 1. The predicted molar refractivity (Wildman–Crippen MR) is 190 cm³/mol. The molecular weight excluding hydrogens is 634 g/mol. The maximum Gasteiger partial charge on any atom is 0.339 e. The first-order valence-electron chi connectivity index (χ1n) is 15.4. The van der Waals surface area contributed by atoms with Gasteiger partial charge in [-0.05, 0) is 56.7 Å². The van der Waals surface area contributed by atoms with Gasteiger partial charge in [0.1, 0.15) is 22.7 Å². The van der Waals surface area contributed by atoms with E-state index in [0.717, 1.165) is 32.3 Å². The van der Waals surface area contributed by atoms with E-state index in [1.807, 2.05) is 38.1 Å². The molecule has 1 amide bonds. The summed E-state index contributed by atoms with van der Waals surface area (Å²) in [5.74, 6) is 5.71. The van der Waals surface area contributed by atoms with Gasteiger partial charge in [0.05, 0.1) is 24.8 Å². The van der Waals surface area contributed by atoms with Gasteiger partial charge in [-0.25, -0.2) is 4.79 Å². The van der Waals surface area contributed by atoms with E-state index in [1.54, 1.807) is 34.9 Å². The lowest BCUT2D eigenvalue weighted by molar-refractivity contribution is -0.131. The zero-order valence-electron chi connectivity index (χ0n) is 26.9. The summed E-state index contributed by atoms with van der Waals surface area (Å²) in [6, 6.07) is 12.1. The molecule has 1 saturated heterocycles. The Bertz CT molecular complexity index is 1810. The molecule has 0 spiro atoms. The molecule has 2 aromatic carbocycles. The molecule has 3 aromatic rings. The second-order valence-electron chi connectivity index (χ2n) is 11.4. The van der Waals surface area contributed by atoms with Gasteiger partial charge in [-0.1, -0.05) is 35.6 Å². The highest BCUT2D eigenvalue weighted by Crippen LogP contribution is 2.40. The summed E-state index contributed by atoms with van der Waals surface area (Å²) in [6.07, 6.45) is 0.523. The number of anilines is 2. The van der Waals surface area contributed by atoms with E-state index in [2.05, 4.69) is 16.7 Å². The molecule has 0 aliphatic carbocycles. The van der Waals surface area contributed by atoms with Crippen LogP contribution in [0.5, 0.6) is 0 Å². The lowest BCUT2D eigenvalue weighted by Gasteiger charge is -2.37. The first-order valence-corrected chi connectivity index (χ1v) is 16.5. The van der Waals surface area contributed by atoms with Gasteiger partial charge in [-0.2, -0.15) is 0 Å². The maximum absolute atomic E-state index is 13.8. The van der Waals surface area contributed by atoms with E-state index in [9.17, 15) is 15.0 Å². The van der Waals surface area contributed by atoms with Crippen LogP contribution >= 0.6 is 22.9 Å². The Kier molecular flexibility index (Phi) is 10.4. The Morgan fingerprint density at radius 1 is 1.13 bits per heavy atom. The van der Waals surface area contributed by atoms with E-state index >= 15 is 0 Å². The van der Waals surface area contributed by atoms with E-state index in [1.165, 1.54) is 18.4 Å². The van der Waals surface area contributed by atoms with Crippen LogP contribution in [0.25, 0.3) is 0 Å². The number of hydrogen-bond donors (Lipinski definition) is 3. The number of aliphatic imine (C=N–C) groups is 1. The fourth-order valence-corrected chi connectivity index (χ4v) is 7.09. The number of ether oxygens (including phenoxy) is 1. The number of halogens is 1. The third-order valence-electron chi connectivity index (χ3n) is 8.37. The molecule has 47 heavy (non-hydrogen) atoms. The number of esters is 1. The molecule has 2 aliphatic rings. The number of aryl methyl sites for hydroxylation is 1. The molecule has 244 valence electrons. The molecule has 2 aliphatic heterocycles. The molecular formula is C35H38ClN7O3S. The highest BCUT2D eigenvalue weighted by molar-refractivity contribution is 7.17. The van der Waals surface area contributed by atoms with Gasteiger partial charge in [0.15, 0.2) is 0 Å². The van der Waals surface area contributed by atoms with Crippen LogP contribution in [0.15, 0.2) is 47.5 Å². The summed E-state index contributed by atoms with van der Waals surface area (Å²) in [4.78, 5) is 38.0. The average Bonchev–Trinajstić information content (AvgIpc) is 3.28. The molecule has 1 atom stereocenters. The molecule has 0 radical (unpaired) electrons. The van der Waals surface area contributed by atoms with Crippen LogP contribution < -0.4 is 15.5 Å². The second-order valence-corrected chi connectivity index (χ2v) is 13.0. The SMILES string of the molecule is COC(=O)c1cc(N2CCN(C(=O)C[C@@H]3N=C(c4ccc(Cl)cc4)c4c(sc(C)c4C)N(C(C)=N)C3=N)CC2)ccc1C#CCCN. The van der Waals surface area contributed by atoms with Gasteiger partial charge in [-0.15, -0.1) is 11.3 Å². The molecule has 1 fully saturated rings. The second kappa shape index (κ2) is 14.5. The number of nitrogens with two attached hydrogens (primary N) is 1. The zero-order chi connectivity index (χ0) is 33.8. The predicted octanol–water partition coefficient (Wildman–Crippen LogP) is 5.24. The van der Waals surface area contributed by atoms with E-state index in [4.69, 9.17) is 32.5 Å². The van der Waals surface area contributed by atoms with Crippen LogP contribution in [-0.4, -0.2) is 80.0 Å². The summed E-state index contributed by atoms with van der Waals surface area (Å²) in [6.45, 7) is 8.21. The minimum Gasteiger partial charge on any atom is -0.465 e. The molecule has 5 rings (SSSR count). The normalized spacial score (nSPS) is 16.1. The van der Waals surface area contributed by atoms with Crippen LogP contribution in [0.2, 0.25) is 5.02 Å². The molecule has 4 N–H and O–H groups in total. The number of benzene rings is 2. The highest BCUT2D eigenvalue weighted by Gasteiger charge is 2.36. The number of nitrogens with zero attached hydrogens (tertiary/aromatic N) is 4. The number of hydrogen-bond acceptors (Lipinski definition) is 9. The van der Waals surface area contributed by atoms with Gasteiger partial charge in [-0.3, -0.25) is 25.5 Å². The number of amidine groups is 2. The highest BCUT2D eigenvalue weighted by atomic mass is 35.5. The molecule has 0 unspecified atom stereocenters. The van der Waals surface area contributed by atoms with Crippen molar-refractivity contribution in [3.63, 3.8) is 0 Å². The van der Waals surface area contributed by atoms with Crippen LogP contribution in [0.4, 0.5) is 10.7 Å².